The first-order valence-corrected chi connectivity index (χ1v) is 15.1. The Morgan fingerprint density at radius 3 is 1.98 bits per heavy atom. The molecule has 7 nitrogen and oxygen atoms in total. The summed E-state index contributed by atoms with van der Waals surface area (Å²) in [6.07, 6.45) is 0. The van der Waals surface area contributed by atoms with Crippen molar-refractivity contribution in [2.45, 2.75) is 52.5 Å². The third-order valence-electron chi connectivity index (χ3n) is 6.87. The first-order valence-electron chi connectivity index (χ1n) is 13.0. The highest BCUT2D eigenvalue weighted by Gasteiger charge is 2.46. The zero-order chi connectivity index (χ0) is 30.3. The molecule has 0 atom stereocenters. The molecular weight excluding hydrogens is 579 g/mol. The highest BCUT2D eigenvalue weighted by molar-refractivity contribution is 8.29. The maximum atomic E-state index is 14.2. The minimum absolute atomic E-state index is 0.0480. The molecule has 2 aromatic carbocycles. The number of anilines is 1. The number of rotatable bonds is 5. The van der Waals surface area contributed by atoms with E-state index in [4.69, 9.17) is 26.4 Å². The molecule has 0 aliphatic carbocycles. The molecule has 216 valence electrons. The van der Waals surface area contributed by atoms with Crippen molar-refractivity contribution in [1.29, 1.82) is 0 Å². The predicted molar refractivity (Wildman–Crippen MR) is 169 cm³/mol. The maximum Gasteiger partial charge on any atom is 0.346 e. The van der Waals surface area contributed by atoms with Crippen molar-refractivity contribution in [1.82, 2.24) is 0 Å². The number of methoxy groups -OCH3 is 2. The molecule has 0 N–H and O–H groups in total. The van der Waals surface area contributed by atoms with Gasteiger partial charge in [-0.1, -0.05) is 68.6 Å². The van der Waals surface area contributed by atoms with Gasteiger partial charge in [-0.15, -0.1) is 0 Å². The second-order valence-electron chi connectivity index (χ2n) is 11.0. The van der Waals surface area contributed by atoms with Gasteiger partial charge in [0.2, 0.25) is 0 Å². The van der Waals surface area contributed by atoms with Crippen molar-refractivity contribution in [2.24, 2.45) is 0 Å². The van der Waals surface area contributed by atoms with Crippen molar-refractivity contribution in [2.75, 3.05) is 25.7 Å². The van der Waals surface area contributed by atoms with Crippen molar-refractivity contribution in [3.63, 3.8) is 0 Å². The van der Waals surface area contributed by atoms with Crippen LogP contribution in [0, 0.1) is 0 Å². The average molecular weight is 612 g/mol. The largest absolute Gasteiger partial charge is 0.494 e. The number of esters is 2. The number of benzene rings is 2. The van der Waals surface area contributed by atoms with Gasteiger partial charge in [-0.25, -0.2) is 9.59 Å². The van der Waals surface area contributed by atoms with Gasteiger partial charge in [0.1, 0.15) is 15.6 Å². The summed E-state index contributed by atoms with van der Waals surface area (Å²) >= 11 is 8.32. The van der Waals surface area contributed by atoms with Crippen LogP contribution in [0.3, 0.4) is 0 Å². The zero-order valence-electron chi connectivity index (χ0n) is 24.4. The van der Waals surface area contributed by atoms with Crippen LogP contribution in [-0.4, -0.2) is 49.1 Å². The standard InChI is InChI=1S/C31H33NO6S3/c1-9-38-19-14-15-21-20(16-19)22(29-40-23(27(34)36-7)24(41-29)28(35)37-8)25(39)31(5,6)32(21)26(33)17-10-12-18(13-11-17)30(2,3)4/h10-16H,9H2,1-8H3. The Kier molecular flexibility index (Phi) is 8.78. The molecule has 41 heavy (non-hydrogen) atoms. The Hall–Kier alpha value is -3.08. The predicted octanol–water partition coefficient (Wildman–Crippen LogP) is 6.90. The van der Waals surface area contributed by atoms with Gasteiger partial charge in [0.15, 0.2) is 0 Å². The number of thioether (sulfide) groups is 2. The number of hydrogen-bond acceptors (Lipinski definition) is 9. The van der Waals surface area contributed by atoms with Crippen LogP contribution in [0.1, 0.15) is 63.0 Å². The van der Waals surface area contributed by atoms with Gasteiger partial charge in [0.05, 0.1) is 41.2 Å². The number of nitrogens with zero attached hydrogens (tertiary/aromatic N) is 1. The molecule has 0 saturated carbocycles. The molecule has 2 aromatic rings. The van der Waals surface area contributed by atoms with Crippen molar-refractivity contribution in [3.8, 4) is 5.75 Å². The fourth-order valence-corrected chi connectivity index (χ4v) is 7.69. The third-order valence-corrected chi connectivity index (χ3v) is 10.1. The zero-order valence-corrected chi connectivity index (χ0v) is 26.8. The molecule has 0 unspecified atom stereocenters. The molecule has 0 radical (unpaired) electrons. The number of thiocarbonyl (C=S) groups is 1. The lowest BCUT2D eigenvalue weighted by molar-refractivity contribution is -0.138. The first kappa shape index (κ1) is 30.9. The molecule has 0 fully saturated rings. The van der Waals surface area contributed by atoms with Crippen LogP contribution >= 0.6 is 35.7 Å². The number of amides is 1. The van der Waals surface area contributed by atoms with Gasteiger partial charge in [-0.05, 0) is 62.1 Å². The normalized spacial score (nSPS) is 16.5. The van der Waals surface area contributed by atoms with E-state index in [-0.39, 0.29) is 21.1 Å². The van der Waals surface area contributed by atoms with Gasteiger partial charge < -0.3 is 14.2 Å². The topological polar surface area (TPSA) is 82.1 Å². The molecule has 1 amide bonds. The number of carbonyl (C=O) groups is 3. The minimum Gasteiger partial charge on any atom is -0.494 e. The molecular formula is C31H33NO6S3. The van der Waals surface area contributed by atoms with Gasteiger partial charge in [-0.3, -0.25) is 9.69 Å². The smallest absolute Gasteiger partial charge is 0.346 e. The quantitative estimate of drug-likeness (QED) is 0.204. The number of fused-ring (bicyclic) bond motifs is 1. The van der Waals surface area contributed by atoms with Crippen molar-refractivity contribution < 1.29 is 28.6 Å². The number of ether oxygens (including phenoxy) is 3. The van der Waals surface area contributed by atoms with E-state index in [1.165, 1.54) is 14.2 Å². The Labute approximate surface area is 254 Å². The van der Waals surface area contributed by atoms with E-state index in [2.05, 4.69) is 20.8 Å². The lowest BCUT2D eigenvalue weighted by Gasteiger charge is -2.45. The third kappa shape index (κ3) is 5.69. The van der Waals surface area contributed by atoms with E-state index in [9.17, 15) is 14.4 Å². The van der Waals surface area contributed by atoms with Gasteiger partial charge in [-0.2, -0.15) is 0 Å². The summed E-state index contributed by atoms with van der Waals surface area (Å²) in [7, 11) is 2.52. The average Bonchev–Trinajstić information content (AvgIpc) is 3.37. The highest BCUT2D eigenvalue weighted by atomic mass is 32.2. The second-order valence-corrected chi connectivity index (χ2v) is 13.7. The summed E-state index contributed by atoms with van der Waals surface area (Å²) in [5, 5.41) is 0. The molecule has 0 bridgehead atoms. The summed E-state index contributed by atoms with van der Waals surface area (Å²) in [6, 6.07) is 13.2. The number of carbonyl (C=O) groups excluding carboxylic acids is 3. The summed E-state index contributed by atoms with van der Waals surface area (Å²) in [5.74, 6) is -0.865. The van der Waals surface area contributed by atoms with Crippen molar-refractivity contribution >= 4 is 69.7 Å². The van der Waals surface area contributed by atoms with E-state index >= 15 is 0 Å². The van der Waals surface area contributed by atoms with Crippen LogP contribution in [0.25, 0.3) is 5.57 Å². The minimum atomic E-state index is -0.932. The lowest BCUT2D eigenvalue weighted by Crippen LogP contribution is -2.56. The Balaban J connectivity index is 1.90. The fraction of sp³-hybridized carbons (Fsp3) is 0.355. The number of hydrogen-bond donors (Lipinski definition) is 0. The molecule has 10 heteroatoms. The van der Waals surface area contributed by atoms with Crippen LogP contribution in [0.4, 0.5) is 5.69 Å². The van der Waals surface area contributed by atoms with Gasteiger partial charge in [0, 0.05) is 16.7 Å². The molecule has 2 aliphatic rings. The van der Waals surface area contributed by atoms with E-state index < -0.39 is 17.5 Å². The van der Waals surface area contributed by atoms with Crippen LogP contribution in [-0.2, 0) is 24.5 Å². The van der Waals surface area contributed by atoms with Crippen LogP contribution < -0.4 is 9.64 Å². The SMILES string of the molecule is CCOc1ccc2c(c1)C(=C1SC(C(=O)OC)=C(C(=O)OC)S1)C(=S)C(C)(C)N2C(=O)c1ccc(C(C)(C)C)cc1. The molecule has 0 aromatic heterocycles. The Bertz CT molecular complexity index is 1470. The maximum absolute atomic E-state index is 14.2. The van der Waals surface area contributed by atoms with Crippen LogP contribution in [0.15, 0.2) is 56.5 Å². The fourth-order valence-electron chi connectivity index (χ4n) is 4.66. The second kappa shape index (κ2) is 11.7. The van der Waals surface area contributed by atoms with Gasteiger partial charge >= 0.3 is 11.9 Å². The molecule has 0 spiro atoms. The summed E-state index contributed by atoms with van der Waals surface area (Å²) in [6.45, 7) is 12.5. The highest BCUT2D eigenvalue weighted by Crippen LogP contribution is 2.56. The molecule has 2 heterocycles. The molecule has 4 rings (SSSR count). The Morgan fingerprint density at radius 1 is 0.927 bits per heavy atom. The van der Waals surface area contributed by atoms with Crippen LogP contribution in [0.2, 0.25) is 0 Å². The van der Waals surface area contributed by atoms with Crippen molar-refractivity contribution in [3.05, 3.63) is 73.2 Å². The van der Waals surface area contributed by atoms with Crippen LogP contribution in [0.5, 0.6) is 5.75 Å². The van der Waals surface area contributed by atoms with E-state index in [1.54, 1.807) is 4.90 Å². The van der Waals surface area contributed by atoms with E-state index in [1.807, 2.05) is 63.2 Å². The summed E-state index contributed by atoms with van der Waals surface area (Å²) in [4.78, 5) is 41.8. The van der Waals surface area contributed by atoms with E-state index in [0.717, 1.165) is 29.1 Å². The summed E-state index contributed by atoms with van der Waals surface area (Å²) in [5.41, 5.74) is 2.66. The van der Waals surface area contributed by atoms with E-state index in [0.29, 0.717) is 43.8 Å². The monoisotopic (exact) mass is 611 g/mol. The summed E-state index contributed by atoms with van der Waals surface area (Å²) < 4.78 is 16.3. The molecule has 0 saturated heterocycles. The first-order chi connectivity index (χ1) is 19.3. The lowest BCUT2D eigenvalue weighted by atomic mass is 9.82. The molecule has 2 aliphatic heterocycles. The Morgan fingerprint density at radius 2 is 1.49 bits per heavy atom. The van der Waals surface area contributed by atoms with Gasteiger partial charge in [0.25, 0.3) is 5.91 Å².